The third-order valence-electron chi connectivity index (χ3n) is 15.1. The lowest BCUT2D eigenvalue weighted by molar-refractivity contribution is -0.145. The fourth-order valence-electron chi connectivity index (χ4n) is 12.1. The molecule has 8 nitrogen and oxygen atoms in total. The monoisotopic (exact) mass is 706 g/mol. The van der Waals surface area contributed by atoms with E-state index in [0.29, 0.717) is 35.6 Å². The van der Waals surface area contributed by atoms with Gasteiger partial charge in [0.05, 0.1) is 7.11 Å². The van der Waals surface area contributed by atoms with E-state index in [1.165, 1.54) is 104 Å². The average Bonchev–Trinajstić information content (AvgIpc) is 3.48. The number of hydrogen-bond donors (Lipinski definition) is 3. The molecule has 9 unspecified atom stereocenters. The van der Waals surface area contributed by atoms with Crippen LogP contribution in [0.25, 0.3) is 0 Å². The van der Waals surface area contributed by atoms with Gasteiger partial charge < -0.3 is 30.9 Å². The highest BCUT2D eigenvalue weighted by Gasteiger charge is 2.59. The molecule has 4 N–H and O–H groups in total. The number of nitrogens with zero attached hydrogens (tertiary/aromatic N) is 2. The van der Waals surface area contributed by atoms with Gasteiger partial charge >= 0.3 is 5.97 Å². The smallest absolute Gasteiger partial charge is 0.328 e. The Bertz CT molecular complexity index is 1260. The maximum Gasteiger partial charge on any atom is 0.328 e. The molecule has 4 aliphatic carbocycles. The van der Waals surface area contributed by atoms with E-state index < -0.39 is 6.04 Å². The summed E-state index contributed by atoms with van der Waals surface area (Å²) in [6.45, 7) is 14.5. The molecule has 9 atom stereocenters. The van der Waals surface area contributed by atoms with Gasteiger partial charge in [-0.1, -0.05) is 44.2 Å². The van der Waals surface area contributed by atoms with Crippen LogP contribution in [-0.2, 0) is 20.7 Å². The molecule has 1 aromatic carbocycles. The second-order valence-corrected chi connectivity index (χ2v) is 17.8. The lowest BCUT2D eigenvalue weighted by Crippen LogP contribution is -2.55. The maximum absolute atomic E-state index is 13.0. The van der Waals surface area contributed by atoms with Gasteiger partial charge in [0.15, 0.2) is 0 Å². The van der Waals surface area contributed by atoms with Crippen LogP contribution in [0.5, 0.6) is 0 Å². The molecule has 0 radical (unpaired) electrons. The fourth-order valence-corrected chi connectivity index (χ4v) is 12.1. The van der Waals surface area contributed by atoms with Crippen LogP contribution in [0.2, 0.25) is 0 Å². The van der Waals surface area contributed by atoms with Crippen LogP contribution in [0.4, 0.5) is 0 Å². The van der Waals surface area contributed by atoms with Crippen molar-refractivity contribution in [1.29, 1.82) is 0 Å². The van der Waals surface area contributed by atoms with Crippen molar-refractivity contribution < 1.29 is 14.3 Å². The van der Waals surface area contributed by atoms with Crippen LogP contribution in [0, 0.1) is 40.4 Å². The number of fused-ring (bicyclic) bond motifs is 5. The summed E-state index contributed by atoms with van der Waals surface area (Å²) >= 11 is 0. The van der Waals surface area contributed by atoms with Crippen molar-refractivity contribution in [2.45, 2.75) is 122 Å². The topological polar surface area (TPSA) is 99.9 Å². The molecule has 4 saturated carbocycles. The number of piperazine rings is 1. The fraction of sp³-hybridized carbons (Fsp3) is 0.814. The highest BCUT2D eigenvalue weighted by Crippen LogP contribution is 2.67. The van der Waals surface area contributed by atoms with E-state index in [-0.39, 0.29) is 11.9 Å². The number of amides is 1. The van der Waals surface area contributed by atoms with E-state index in [9.17, 15) is 9.59 Å². The summed E-state index contributed by atoms with van der Waals surface area (Å²) < 4.78 is 5.02. The summed E-state index contributed by atoms with van der Waals surface area (Å²) in [5, 5.41) is 7.01. The summed E-state index contributed by atoms with van der Waals surface area (Å²) in [4.78, 5) is 30.7. The Morgan fingerprint density at radius 2 is 1.59 bits per heavy atom. The minimum absolute atomic E-state index is 0.0335. The molecule has 51 heavy (non-hydrogen) atoms. The predicted molar refractivity (Wildman–Crippen MR) is 206 cm³/mol. The highest BCUT2D eigenvalue weighted by atomic mass is 16.5. The molecule has 0 spiro atoms. The Kier molecular flexibility index (Phi) is 13.6. The van der Waals surface area contributed by atoms with E-state index in [0.717, 1.165) is 68.1 Å². The first-order valence-corrected chi connectivity index (χ1v) is 21.0. The maximum atomic E-state index is 13.0. The molecule has 0 aromatic heterocycles. The molecule has 0 bridgehead atoms. The summed E-state index contributed by atoms with van der Waals surface area (Å²) in [6.07, 6.45) is 17.8. The van der Waals surface area contributed by atoms with Crippen LogP contribution in [0.1, 0.15) is 109 Å². The van der Waals surface area contributed by atoms with Crippen LogP contribution in [0.3, 0.4) is 0 Å². The van der Waals surface area contributed by atoms with Crippen molar-refractivity contribution >= 4 is 11.9 Å². The molecule has 6 rings (SSSR count). The zero-order valence-corrected chi connectivity index (χ0v) is 32.4. The van der Waals surface area contributed by atoms with Crippen molar-refractivity contribution in [3.63, 3.8) is 0 Å². The zero-order valence-electron chi connectivity index (χ0n) is 32.4. The molecule has 1 heterocycles. The van der Waals surface area contributed by atoms with Crippen molar-refractivity contribution in [3.05, 3.63) is 35.9 Å². The first kappa shape index (κ1) is 38.7. The number of ether oxygens (including phenoxy) is 1. The lowest BCUT2D eigenvalue weighted by atomic mass is 9.44. The van der Waals surface area contributed by atoms with Crippen molar-refractivity contribution in [3.8, 4) is 0 Å². The Labute approximate surface area is 309 Å². The number of nitrogens with two attached hydrogens (primary N) is 1. The second kappa shape index (κ2) is 17.9. The number of nitrogens with one attached hydrogen (secondary N) is 2. The molecule has 8 heteroatoms. The van der Waals surface area contributed by atoms with E-state index in [2.05, 4.69) is 34.3 Å². The number of hydrogen-bond acceptors (Lipinski definition) is 7. The standard InChI is InChI=1S/C43H71N5O3/c1-42-21-19-38-36(37(42)17-15-33(42)12-7-13-40(49)46-39(41(50)51-3)30-32-10-5-4-6-11-32)16-14-34-31-35(18-20-43(34,38)2)45-23-9-25-48-28-26-47(27-29-48)24-8-22-44/h4-6,10-11,33-39,45H,7-9,12-31,44H2,1-3H3,(H,46,49). The first-order chi connectivity index (χ1) is 24.7. The van der Waals surface area contributed by atoms with Gasteiger partial charge in [-0.2, -0.15) is 0 Å². The van der Waals surface area contributed by atoms with Gasteiger partial charge in [-0.05, 0) is 156 Å². The molecular weight excluding hydrogens is 635 g/mol. The Balaban J connectivity index is 0.923. The zero-order chi connectivity index (χ0) is 35.8. The average molecular weight is 706 g/mol. The molecule has 5 fully saturated rings. The predicted octanol–water partition coefficient (Wildman–Crippen LogP) is 6.03. The molecule has 1 aliphatic heterocycles. The van der Waals surface area contributed by atoms with Gasteiger partial charge in [-0.25, -0.2) is 4.79 Å². The summed E-state index contributed by atoms with van der Waals surface area (Å²) in [5.41, 5.74) is 7.65. The third-order valence-corrected chi connectivity index (χ3v) is 15.1. The summed E-state index contributed by atoms with van der Waals surface area (Å²) in [5.74, 6) is 3.80. The van der Waals surface area contributed by atoms with Crippen LogP contribution in [0.15, 0.2) is 30.3 Å². The minimum Gasteiger partial charge on any atom is -0.467 e. The Hall–Kier alpha value is -2.00. The second-order valence-electron chi connectivity index (χ2n) is 17.8. The van der Waals surface area contributed by atoms with E-state index in [1.54, 1.807) is 0 Å². The normalized spacial score (nSPS) is 34.6. The molecule has 1 aromatic rings. The van der Waals surface area contributed by atoms with Crippen LogP contribution >= 0.6 is 0 Å². The number of rotatable bonds is 16. The molecule has 1 saturated heterocycles. The summed E-state index contributed by atoms with van der Waals surface area (Å²) in [6, 6.07) is 9.92. The van der Waals surface area contributed by atoms with Crippen molar-refractivity contribution in [2.75, 3.05) is 59.5 Å². The lowest BCUT2D eigenvalue weighted by Gasteiger charge is -2.61. The number of methoxy groups -OCH3 is 1. The minimum atomic E-state index is -0.639. The third kappa shape index (κ3) is 9.21. The SMILES string of the molecule is COC(=O)C(Cc1ccccc1)NC(=O)CCCC1CCC2C3CCC4CC(NCCCN5CCN(CCCN)CC5)CCC4(C)C3CCC12C. The molecule has 5 aliphatic rings. The van der Waals surface area contributed by atoms with Gasteiger partial charge in [-0.3, -0.25) is 4.79 Å². The van der Waals surface area contributed by atoms with E-state index in [1.807, 2.05) is 30.3 Å². The molecule has 286 valence electrons. The van der Waals surface area contributed by atoms with Crippen molar-refractivity contribution in [2.24, 2.45) is 46.2 Å². The van der Waals surface area contributed by atoms with E-state index in [4.69, 9.17) is 10.5 Å². The van der Waals surface area contributed by atoms with Gasteiger partial charge in [0.1, 0.15) is 6.04 Å². The number of carbonyl (C=O) groups is 2. The largest absolute Gasteiger partial charge is 0.467 e. The molecule has 1 amide bonds. The van der Waals surface area contributed by atoms with Gasteiger partial charge in [0.2, 0.25) is 5.91 Å². The number of carbonyl (C=O) groups excluding carboxylic acids is 2. The van der Waals surface area contributed by atoms with Crippen LogP contribution in [-0.4, -0.2) is 93.2 Å². The van der Waals surface area contributed by atoms with Gasteiger partial charge in [-0.15, -0.1) is 0 Å². The number of benzene rings is 1. The van der Waals surface area contributed by atoms with Crippen LogP contribution < -0.4 is 16.4 Å². The van der Waals surface area contributed by atoms with E-state index >= 15 is 0 Å². The Morgan fingerprint density at radius 1 is 0.882 bits per heavy atom. The first-order valence-electron chi connectivity index (χ1n) is 21.0. The highest BCUT2D eigenvalue weighted by molar-refractivity contribution is 5.84. The Morgan fingerprint density at radius 3 is 2.31 bits per heavy atom. The summed E-state index contributed by atoms with van der Waals surface area (Å²) in [7, 11) is 1.39. The quantitative estimate of drug-likeness (QED) is 0.143. The van der Waals surface area contributed by atoms with Crippen molar-refractivity contribution in [1.82, 2.24) is 20.4 Å². The van der Waals surface area contributed by atoms with Gasteiger partial charge in [0.25, 0.3) is 0 Å². The van der Waals surface area contributed by atoms with Gasteiger partial charge in [0, 0.05) is 45.1 Å². The number of esters is 1. The molecular formula is C43H71N5O3.